The summed E-state index contributed by atoms with van der Waals surface area (Å²) in [6.45, 7) is 1.23. The maximum absolute atomic E-state index is 11.6. The lowest BCUT2D eigenvalue weighted by molar-refractivity contribution is -0.159. The summed E-state index contributed by atoms with van der Waals surface area (Å²) < 4.78 is 11.2. The maximum Gasteiger partial charge on any atom is 0.332 e. The number of amides is 3. The van der Waals surface area contributed by atoms with Crippen LogP contribution in [0.25, 0.3) is 10.2 Å². The lowest BCUT2D eigenvalue weighted by atomic mass is 10.3. The second-order valence-corrected chi connectivity index (χ2v) is 5.88. The number of para-hydroxylation sites is 1. The van der Waals surface area contributed by atoms with Crippen LogP contribution in [0.2, 0.25) is 0 Å². The van der Waals surface area contributed by atoms with Crippen LogP contribution in [0.3, 0.4) is 0 Å². The van der Waals surface area contributed by atoms with E-state index in [1.54, 1.807) is 0 Å². The molecule has 3 amide bonds. The number of rotatable bonds is 6. The lowest BCUT2D eigenvalue weighted by Gasteiger charge is -2.12. The molecule has 8 nitrogen and oxygen atoms in total. The summed E-state index contributed by atoms with van der Waals surface area (Å²) in [4.78, 5) is 38.5. The number of urea groups is 1. The molecule has 1 heterocycles. The van der Waals surface area contributed by atoms with Crippen LogP contribution in [0.5, 0.6) is 0 Å². The number of esters is 1. The van der Waals surface area contributed by atoms with Gasteiger partial charge in [0.2, 0.25) is 0 Å². The third kappa shape index (κ3) is 5.00. The van der Waals surface area contributed by atoms with Crippen molar-refractivity contribution in [3.8, 4) is 0 Å². The van der Waals surface area contributed by atoms with Crippen molar-refractivity contribution in [3.05, 3.63) is 29.3 Å². The van der Waals surface area contributed by atoms with Crippen molar-refractivity contribution < 1.29 is 23.9 Å². The molecule has 2 aromatic rings. The number of aromatic nitrogens is 1. The first-order valence-corrected chi connectivity index (χ1v) is 7.95. The third-order valence-electron chi connectivity index (χ3n) is 2.92. The van der Waals surface area contributed by atoms with Crippen LogP contribution in [0, 0.1) is 0 Å². The van der Waals surface area contributed by atoms with Crippen molar-refractivity contribution in [2.45, 2.75) is 19.6 Å². The standard InChI is InChI=1S/C15H17N3O5S/c1-9(14(20)18-15(21)16-2)23-13(19)8-22-7-12-17-10-5-3-4-6-11(10)24-12/h3-6,9H,7-8H2,1-2H3,(H2,16,18,20,21)/t9-/m0/s1. The van der Waals surface area contributed by atoms with Crippen LogP contribution in [-0.2, 0) is 25.7 Å². The Hall–Kier alpha value is -2.52. The van der Waals surface area contributed by atoms with Gasteiger partial charge in [0.1, 0.15) is 11.6 Å². The smallest absolute Gasteiger partial charge is 0.332 e. The van der Waals surface area contributed by atoms with Crippen molar-refractivity contribution in [3.63, 3.8) is 0 Å². The predicted octanol–water partition coefficient (Wildman–Crippen LogP) is 1.20. The summed E-state index contributed by atoms with van der Waals surface area (Å²) in [7, 11) is 1.37. The highest BCUT2D eigenvalue weighted by atomic mass is 32.1. The Bertz CT molecular complexity index is 713. The molecule has 1 aromatic carbocycles. The average molecular weight is 351 g/mol. The summed E-state index contributed by atoms with van der Waals surface area (Å²) in [5.74, 6) is -1.41. The number of fused-ring (bicyclic) bond motifs is 1. The Labute approximate surface area is 142 Å². The average Bonchev–Trinajstić information content (AvgIpc) is 2.97. The second kappa shape index (κ2) is 8.37. The maximum atomic E-state index is 11.6. The van der Waals surface area contributed by atoms with Crippen molar-refractivity contribution >= 4 is 39.5 Å². The van der Waals surface area contributed by atoms with E-state index in [9.17, 15) is 14.4 Å². The van der Waals surface area contributed by atoms with Gasteiger partial charge in [-0.2, -0.15) is 0 Å². The zero-order valence-corrected chi connectivity index (χ0v) is 14.0. The van der Waals surface area contributed by atoms with Crippen LogP contribution in [0.1, 0.15) is 11.9 Å². The number of nitrogens with zero attached hydrogens (tertiary/aromatic N) is 1. The predicted molar refractivity (Wildman–Crippen MR) is 87.4 cm³/mol. The number of thiazole rings is 1. The number of carbonyl (C=O) groups is 3. The van der Waals surface area contributed by atoms with Crippen LogP contribution in [0.15, 0.2) is 24.3 Å². The molecule has 2 rings (SSSR count). The summed E-state index contributed by atoms with van der Waals surface area (Å²) in [5.41, 5.74) is 0.878. The Balaban J connectivity index is 1.74. The molecule has 0 unspecified atom stereocenters. The molecule has 1 aromatic heterocycles. The molecular formula is C15H17N3O5S. The SMILES string of the molecule is CNC(=O)NC(=O)[C@H](C)OC(=O)COCc1nc2ccccc2s1. The fourth-order valence-electron chi connectivity index (χ4n) is 1.76. The topological polar surface area (TPSA) is 107 Å². The van der Waals surface area contributed by atoms with Crippen molar-refractivity contribution in [1.82, 2.24) is 15.6 Å². The molecule has 1 atom stereocenters. The van der Waals surface area contributed by atoms with Gasteiger partial charge >= 0.3 is 12.0 Å². The zero-order chi connectivity index (χ0) is 17.5. The summed E-state index contributed by atoms with van der Waals surface area (Å²) in [5, 5.41) is 4.99. The van der Waals surface area contributed by atoms with E-state index in [-0.39, 0.29) is 13.2 Å². The van der Waals surface area contributed by atoms with Gasteiger partial charge in [-0.15, -0.1) is 11.3 Å². The monoisotopic (exact) mass is 351 g/mol. The summed E-state index contributed by atoms with van der Waals surface area (Å²) in [6, 6.07) is 7.01. The lowest BCUT2D eigenvalue weighted by Crippen LogP contribution is -2.43. The highest BCUT2D eigenvalue weighted by molar-refractivity contribution is 7.18. The second-order valence-electron chi connectivity index (χ2n) is 4.77. The summed E-state index contributed by atoms with van der Waals surface area (Å²) >= 11 is 1.48. The highest BCUT2D eigenvalue weighted by Gasteiger charge is 2.19. The van der Waals surface area contributed by atoms with Gasteiger partial charge in [0.05, 0.1) is 16.8 Å². The number of benzene rings is 1. The highest BCUT2D eigenvalue weighted by Crippen LogP contribution is 2.21. The largest absolute Gasteiger partial charge is 0.451 e. The van der Waals surface area contributed by atoms with E-state index < -0.39 is 24.0 Å². The van der Waals surface area contributed by atoms with E-state index in [1.165, 1.54) is 25.3 Å². The van der Waals surface area contributed by atoms with E-state index >= 15 is 0 Å². The first-order chi connectivity index (χ1) is 11.5. The molecule has 0 saturated heterocycles. The van der Waals surface area contributed by atoms with E-state index in [2.05, 4.69) is 10.3 Å². The fraction of sp³-hybridized carbons (Fsp3) is 0.333. The van der Waals surface area contributed by atoms with Gasteiger partial charge in [-0.25, -0.2) is 14.6 Å². The molecule has 128 valence electrons. The quantitative estimate of drug-likeness (QED) is 0.758. The van der Waals surface area contributed by atoms with Gasteiger partial charge < -0.3 is 14.8 Å². The number of imide groups is 1. The van der Waals surface area contributed by atoms with Crippen LogP contribution < -0.4 is 10.6 Å². The minimum Gasteiger partial charge on any atom is -0.451 e. The van der Waals surface area contributed by atoms with Gasteiger partial charge in [-0.05, 0) is 19.1 Å². The van der Waals surface area contributed by atoms with Crippen LogP contribution >= 0.6 is 11.3 Å². The van der Waals surface area contributed by atoms with Crippen LogP contribution in [-0.4, -0.2) is 42.7 Å². The first-order valence-electron chi connectivity index (χ1n) is 7.14. The van der Waals surface area contributed by atoms with E-state index in [4.69, 9.17) is 9.47 Å². The van der Waals surface area contributed by atoms with Gasteiger partial charge in [0.15, 0.2) is 6.10 Å². The molecule has 0 aliphatic rings. The Morgan fingerprint density at radius 3 is 2.75 bits per heavy atom. The molecular weight excluding hydrogens is 334 g/mol. The zero-order valence-electron chi connectivity index (χ0n) is 13.2. The Kier molecular flexibility index (Phi) is 6.21. The molecule has 0 bridgehead atoms. The third-order valence-corrected chi connectivity index (χ3v) is 3.93. The fourth-order valence-corrected chi connectivity index (χ4v) is 2.67. The van der Waals surface area contributed by atoms with Gasteiger partial charge in [-0.3, -0.25) is 10.1 Å². The van der Waals surface area contributed by atoms with Crippen LogP contribution in [0.4, 0.5) is 4.79 Å². The molecule has 0 aliphatic carbocycles. The normalized spacial score (nSPS) is 11.8. The molecule has 9 heteroatoms. The molecule has 24 heavy (non-hydrogen) atoms. The van der Waals surface area contributed by atoms with E-state index in [0.717, 1.165) is 15.2 Å². The molecule has 0 aliphatic heterocycles. The number of carbonyl (C=O) groups excluding carboxylic acids is 3. The van der Waals surface area contributed by atoms with E-state index in [1.807, 2.05) is 29.6 Å². The molecule has 0 radical (unpaired) electrons. The van der Waals surface area contributed by atoms with Crippen molar-refractivity contribution in [2.75, 3.05) is 13.7 Å². The van der Waals surface area contributed by atoms with Gasteiger partial charge in [0, 0.05) is 7.05 Å². The van der Waals surface area contributed by atoms with Gasteiger partial charge in [0.25, 0.3) is 5.91 Å². The number of hydrogen-bond donors (Lipinski definition) is 2. The van der Waals surface area contributed by atoms with Crippen molar-refractivity contribution in [2.24, 2.45) is 0 Å². The first kappa shape index (κ1) is 17.8. The van der Waals surface area contributed by atoms with Crippen molar-refractivity contribution in [1.29, 1.82) is 0 Å². The minimum absolute atomic E-state index is 0.174. The van der Waals surface area contributed by atoms with E-state index in [0.29, 0.717) is 0 Å². The number of ether oxygens (including phenoxy) is 2. The molecule has 0 saturated carbocycles. The molecule has 0 fully saturated rings. The minimum atomic E-state index is -1.10. The molecule has 0 spiro atoms. The summed E-state index contributed by atoms with van der Waals surface area (Å²) in [6.07, 6.45) is -1.10. The molecule has 2 N–H and O–H groups in total. The van der Waals surface area contributed by atoms with Gasteiger partial charge in [-0.1, -0.05) is 12.1 Å². The number of hydrogen-bond acceptors (Lipinski definition) is 7. The number of nitrogens with one attached hydrogen (secondary N) is 2. The Morgan fingerprint density at radius 1 is 1.29 bits per heavy atom. The Morgan fingerprint density at radius 2 is 2.04 bits per heavy atom.